The molecule has 10 rings (SSSR count). The molecule has 1 aliphatic heterocycles. The average Bonchev–Trinajstić information content (AvgIpc) is 3.56. The van der Waals surface area contributed by atoms with Crippen molar-refractivity contribution in [2.75, 3.05) is 9.80 Å². The van der Waals surface area contributed by atoms with Gasteiger partial charge in [0.1, 0.15) is 0 Å². The average molecular weight is 680 g/mol. The van der Waals surface area contributed by atoms with Crippen molar-refractivity contribution in [2.24, 2.45) is 0 Å². The van der Waals surface area contributed by atoms with Gasteiger partial charge in [-0.05, 0) is 108 Å². The maximum atomic E-state index is 7.01. The molecule has 0 radical (unpaired) electrons. The number of anilines is 6. The second kappa shape index (κ2) is 13.0. The van der Waals surface area contributed by atoms with Gasteiger partial charge in [-0.3, -0.25) is 0 Å². The third kappa shape index (κ3) is 5.33. The Balaban J connectivity index is 1.29. The van der Waals surface area contributed by atoms with E-state index in [-0.39, 0.29) is 6.92 Å². The second-order valence-electron chi connectivity index (χ2n) is 13.4. The summed E-state index contributed by atoms with van der Waals surface area (Å²) >= 11 is 0. The van der Waals surface area contributed by atoms with Gasteiger partial charge in [-0.25, -0.2) is 0 Å². The second-order valence-corrected chi connectivity index (χ2v) is 13.4. The van der Waals surface area contributed by atoms with Crippen molar-refractivity contribution in [2.45, 2.75) is 0 Å². The summed E-state index contributed by atoms with van der Waals surface area (Å²) < 4.78 is 9.45. The minimum absolute atomic E-state index is 0.328. The van der Waals surface area contributed by atoms with Crippen LogP contribution in [-0.2, 0) is 0 Å². The van der Waals surface area contributed by atoms with Crippen LogP contribution >= 0.6 is 0 Å². The van der Waals surface area contributed by atoms with E-state index in [0.29, 0.717) is 0 Å². The summed E-state index contributed by atoms with van der Waals surface area (Å²) in [6.07, 6.45) is 0. The van der Waals surface area contributed by atoms with Crippen LogP contribution in [0, 0.1) is 0 Å². The van der Waals surface area contributed by atoms with Crippen LogP contribution < -0.4 is 25.4 Å². The van der Waals surface area contributed by atoms with E-state index in [9.17, 15) is 0 Å². The van der Waals surface area contributed by atoms with E-state index in [0.717, 1.165) is 67.5 Å². The van der Waals surface area contributed by atoms with Gasteiger partial charge in [0, 0.05) is 50.6 Å². The molecule has 0 amide bonds. The quantitative estimate of drug-likeness (QED) is 0.149. The van der Waals surface area contributed by atoms with Crippen molar-refractivity contribution >= 4 is 73.8 Å². The molecule has 8 aromatic carbocycles. The standard InChI is InChI=1S/C48H34BN3O/c1-6-18-35(19-7-1)50(36-20-8-2-9-21-36)39-30-31-46-42(32-39)43-33-40(51(37-22-10-3-11-23-37)38-24-12-4-13-25-38)34-45-48(43)52(46)47-29-17-16-28-44(47)49(45)53-41-26-14-5-15-27-41/h1-34H. The number of nitrogens with zero attached hydrogens (tertiary/aromatic N) is 3. The molecule has 1 aliphatic rings. The van der Waals surface area contributed by atoms with E-state index in [1.807, 2.05) is 30.3 Å². The number of aromatic nitrogens is 1. The van der Waals surface area contributed by atoms with Gasteiger partial charge in [0.2, 0.25) is 0 Å². The molecule has 4 nitrogen and oxygen atoms in total. The molecule has 2 heterocycles. The smallest absolute Gasteiger partial charge is 0.430 e. The molecule has 0 saturated heterocycles. The number of para-hydroxylation sites is 6. The predicted molar refractivity (Wildman–Crippen MR) is 222 cm³/mol. The van der Waals surface area contributed by atoms with Crippen molar-refractivity contribution in [3.05, 3.63) is 206 Å². The molecule has 5 heteroatoms. The molecule has 0 N–H and O–H groups in total. The highest BCUT2D eigenvalue weighted by Gasteiger charge is 2.37. The molecular weight excluding hydrogens is 645 g/mol. The molecule has 0 atom stereocenters. The fourth-order valence-corrected chi connectivity index (χ4v) is 7.91. The summed E-state index contributed by atoms with van der Waals surface area (Å²) in [5.74, 6) is 0.835. The van der Waals surface area contributed by atoms with Crippen LogP contribution in [-0.4, -0.2) is 11.5 Å². The van der Waals surface area contributed by atoms with E-state index in [4.69, 9.17) is 4.65 Å². The van der Waals surface area contributed by atoms with Crippen molar-refractivity contribution in [1.82, 2.24) is 4.57 Å². The Kier molecular flexibility index (Phi) is 7.54. The monoisotopic (exact) mass is 679 g/mol. The Morgan fingerprint density at radius 1 is 0.377 bits per heavy atom. The Morgan fingerprint density at radius 2 is 0.849 bits per heavy atom. The van der Waals surface area contributed by atoms with Gasteiger partial charge in [-0.15, -0.1) is 0 Å². The first-order chi connectivity index (χ1) is 26.3. The maximum Gasteiger partial charge on any atom is 0.430 e. The van der Waals surface area contributed by atoms with Crippen LogP contribution in [0.2, 0.25) is 0 Å². The Morgan fingerprint density at radius 3 is 1.42 bits per heavy atom. The topological polar surface area (TPSA) is 20.6 Å². The van der Waals surface area contributed by atoms with Gasteiger partial charge in [-0.2, -0.15) is 0 Å². The summed E-state index contributed by atoms with van der Waals surface area (Å²) in [4.78, 5) is 4.69. The third-order valence-electron chi connectivity index (χ3n) is 10.2. The predicted octanol–water partition coefficient (Wildman–Crippen LogP) is 11.2. The van der Waals surface area contributed by atoms with Crippen LogP contribution in [0.1, 0.15) is 0 Å². The van der Waals surface area contributed by atoms with Crippen molar-refractivity contribution < 1.29 is 4.65 Å². The molecule has 0 saturated carbocycles. The van der Waals surface area contributed by atoms with Gasteiger partial charge >= 0.3 is 6.92 Å². The fraction of sp³-hybridized carbons (Fsp3) is 0. The summed E-state index contributed by atoms with van der Waals surface area (Å²) in [6, 6.07) is 72.9. The lowest BCUT2D eigenvalue weighted by molar-refractivity contribution is 0.591. The number of hydrogen-bond donors (Lipinski definition) is 0. The van der Waals surface area contributed by atoms with E-state index in [1.165, 1.54) is 10.8 Å². The summed E-state index contributed by atoms with van der Waals surface area (Å²) in [5, 5.41) is 2.34. The van der Waals surface area contributed by atoms with Crippen LogP contribution in [0.15, 0.2) is 206 Å². The van der Waals surface area contributed by atoms with Crippen LogP contribution in [0.4, 0.5) is 34.1 Å². The van der Waals surface area contributed by atoms with Crippen LogP contribution in [0.3, 0.4) is 0 Å². The SMILES string of the molecule is c1ccc(OB2c3ccccc3-n3c4ccc(N(c5ccccc5)c5ccccc5)cc4c4cc(N(c5ccccc5)c5ccccc5)cc2c43)cc1. The van der Waals surface area contributed by atoms with Gasteiger partial charge in [0.05, 0.1) is 16.8 Å². The lowest BCUT2D eigenvalue weighted by Crippen LogP contribution is -2.52. The lowest BCUT2D eigenvalue weighted by atomic mass is 9.53. The summed E-state index contributed by atoms with van der Waals surface area (Å²) in [6.45, 7) is -0.328. The Bertz CT molecular complexity index is 2620. The maximum absolute atomic E-state index is 7.01. The minimum atomic E-state index is -0.328. The minimum Gasteiger partial charge on any atom is -0.551 e. The highest BCUT2D eigenvalue weighted by Crippen LogP contribution is 2.43. The number of rotatable bonds is 8. The highest BCUT2D eigenvalue weighted by molar-refractivity contribution is 6.84. The molecule has 0 unspecified atom stereocenters. The lowest BCUT2D eigenvalue weighted by Gasteiger charge is -2.30. The zero-order valence-electron chi connectivity index (χ0n) is 29.0. The molecule has 0 aliphatic carbocycles. The molecule has 0 bridgehead atoms. The molecule has 9 aromatic rings. The zero-order chi connectivity index (χ0) is 35.1. The first-order valence-electron chi connectivity index (χ1n) is 18.1. The van der Waals surface area contributed by atoms with E-state index in [1.54, 1.807) is 0 Å². The number of hydrogen-bond acceptors (Lipinski definition) is 3. The number of fused-ring (bicyclic) bond motifs is 5. The van der Waals surface area contributed by atoms with Crippen molar-refractivity contribution in [3.8, 4) is 11.4 Å². The molecule has 0 spiro atoms. The van der Waals surface area contributed by atoms with Gasteiger partial charge in [-0.1, -0.05) is 109 Å². The molecule has 250 valence electrons. The molecule has 0 fully saturated rings. The van der Waals surface area contributed by atoms with E-state index >= 15 is 0 Å². The molecule has 1 aromatic heterocycles. The first-order valence-corrected chi connectivity index (χ1v) is 18.1. The number of benzene rings is 8. The third-order valence-corrected chi connectivity index (χ3v) is 10.2. The summed E-state index contributed by atoms with van der Waals surface area (Å²) in [5.41, 5.74) is 12.2. The first kappa shape index (κ1) is 30.8. The zero-order valence-corrected chi connectivity index (χ0v) is 29.0. The highest BCUT2D eigenvalue weighted by atomic mass is 16.4. The largest absolute Gasteiger partial charge is 0.551 e. The van der Waals surface area contributed by atoms with Crippen molar-refractivity contribution in [1.29, 1.82) is 0 Å². The summed E-state index contributed by atoms with van der Waals surface area (Å²) in [7, 11) is 0. The van der Waals surface area contributed by atoms with E-state index < -0.39 is 0 Å². The van der Waals surface area contributed by atoms with Crippen LogP contribution in [0.25, 0.3) is 27.5 Å². The van der Waals surface area contributed by atoms with Crippen molar-refractivity contribution in [3.63, 3.8) is 0 Å². The Hall–Kier alpha value is -6.98. The Labute approximate surface area is 309 Å². The van der Waals surface area contributed by atoms with E-state index in [2.05, 4.69) is 190 Å². The fourth-order valence-electron chi connectivity index (χ4n) is 7.91. The normalized spacial score (nSPS) is 11.7. The van der Waals surface area contributed by atoms with Crippen LogP contribution in [0.5, 0.6) is 5.75 Å². The van der Waals surface area contributed by atoms with Gasteiger partial charge in [0.15, 0.2) is 0 Å². The molecule has 53 heavy (non-hydrogen) atoms. The molecular formula is C48H34BN3O. The van der Waals surface area contributed by atoms with Gasteiger partial charge < -0.3 is 19.0 Å². The van der Waals surface area contributed by atoms with Gasteiger partial charge in [0.25, 0.3) is 0 Å².